The van der Waals surface area contributed by atoms with Gasteiger partial charge in [0.05, 0.1) is 5.75 Å². The van der Waals surface area contributed by atoms with Gasteiger partial charge in [-0.15, -0.1) is 10.2 Å². The summed E-state index contributed by atoms with van der Waals surface area (Å²) in [6.07, 6.45) is 0. The molecule has 0 N–H and O–H groups in total. The minimum absolute atomic E-state index is 0.0986. The molecule has 0 bridgehead atoms. The summed E-state index contributed by atoms with van der Waals surface area (Å²) in [7, 11) is 0. The number of nitrogens with zero attached hydrogens (tertiary/aromatic N) is 4. The normalized spacial score (nSPS) is 11.9. The summed E-state index contributed by atoms with van der Waals surface area (Å²) in [6.45, 7) is 6.13. The van der Waals surface area contributed by atoms with Crippen LogP contribution in [0.2, 0.25) is 0 Å². The van der Waals surface area contributed by atoms with Crippen LogP contribution in [-0.4, -0.2) is 20.3 Å². The van der Waals surface area contributed by atoms with E-state index >= 15 is 0 Å². The highest BCUT2D eigenvalue weighted by molar-refractivity contribution is 8.00. The minimum atomic E-state index is -0.0986. The third kappa shape index (κ3) is 2.79. The predicted molar refractivity (Wildman–Crippen MR) is 62.5 cm³/mol. The first-order valence-corrected chi connectivity index (χ1v) is 6.64. The van der Waals surface area contributed by atoms with Gasteiger partial charge >= 0.3 is 0 Å². The van der Waals surface area contributed by atoms with Crippen molar-refractivity contribution in [3.05, 3.63) is 17.2 Å². The van der Waals surface area contributed by atoms with E-state index in [-0.39, 0.29) is 5.41 Å². The lowest BCUT2D eigenvalue weighted by Crippen LogP contribution is -2.11. The van der Waals surface area contributed by atoms with Crippen LogP contribution in [0.5, 0.6) is 0 Å². The van der Waals surface area contributed by atoms with Crippen LogP contribution in [0.25, 0.3) is 0 Å². The molecule has 5 nitrogen and oxygen atoms in total. The molecule has 0 saturated carbocycles. The standard InChI is InChI=1S/C9H12N4OS2/c1-9(2,3)7-11-6(13-14-7)4-15-8-12-10-5-16-8/h5H,4H2,1-3H3. The molecule has 2 aromatic heterocycles. The van der Waals surface area contributed by atoms with Crippen molar-refractivity contribution in [1.29, 1.82) is 0 Å². The molecule has 0 spiro atoms. The monoisotopic (exact) mass is 256 g/mol. The second-order valence-electron chi connectivity index (χ2n) is 4.26. The molecule has 0 aliphatic carbocycles. The van der Waals surface area contributed by atoms with Crippen molar-refractivity contribution < 1.29 is 4.52 Å². The zero-order valence-electron chi connectivity index (χ0n) is 9.30. The molecule has 0 radical (unpaired) electrons. The lowest BCUT2D eigenvalue weighted by Gasteiger charge is -2.10. The van der Waals surface area contributed by atoms with Gasteiger partial charge in [0.2, 0.25) is 5.89 Å². The summed E-state index contributed by atoms with van der Waals surface area (Å²) in [5, 5.41) is 11.6. The number of hydrogen-bond donors (Lipinski definition) is 0. The Morgan fingerprint density at radius 2 is 2.25 bits per heavy atom. The maximum Gasteiger partial charge on any atom is 0.232 e. The average Bonchev–Trinajstić information content (AvgIpc) is 2.85. The molecule has 0 aliphatic heterocycles. The summed E-state index contributed by atoms with van der Waals surface area (Å²) in [5.41, 5.74) is 1.61. The van der Waals surface area contributed by atoms with Gasteiger partial charge in [-0.3, -0.25) is 0 Å². The molecule has 2 heterocycles. The van der Waals surface area contributed by atoms with Crippen molar-refractivity contribution in [2.75, 3.05) is 0 Å². The Balaban J connectivity index is 1.98. The molecular formula is C9H12N4OS2. The van der Waals surface area contributed by atoms with E-state index in [0.717, 1.165) is 4.34 Å². The van der Waals surface area contributed by atoms with Crippen LogP contribution in [-0.2, 0) is 11.2 Å². The van der Waals surface area contributed by atoms with Gasteiger partial charge in [0.25, 0.3) is 0 Å². The van der Waals surface area contributed by atoms with Gasteiger partial charge in [-0.2, -0.15) is 4.98 Å². The molecule has 0 atom stereocenters. The highest BCUT2D eigenvalue weighted by Gasteiger charge is 2.21. The van der Waals surface area contributed by atoms with Gasteiger partial charge in [-0.25, -0.2) is 0 Å². The molecule has 0 unspecified atom stereocenters. The van der Waals surface area contributed by atoms with Gasteiger partial charge in [0, 0.05) is 5.41 Å². The molecule has 0 saturated heterocycles. The van der Waals surface area contributed by atoms with Crippen LogP contribution < -0.4 is 0 Å². The summed E-state index contributed by atoms with van der Waals surface area (Å²) >= 11 is 3.07. The van der Waals surface area contributed by atoms with E-state index < -0.39 is 0 Å². The summed E-state index contributed by atoms with van der Waals surface area (Å²) < 4.78 is 6.11. The van der Waals surface area contributed by atoms with Crippen LogP contribution in [0.15, 0.2) is 14.4 Å². The third-order valence-corrected chi connectivity index (χ3v) is 3.63. The Labute approximate surface area is 102 Å². The zero-order valence-corrected chi connectivity index (χ0v) is 10.9. The molecular weight excluding hydrogens is 244 g/mol. The first-order chi connectivity index (χ1) is 7.55. The lowest BCUT2D eigenvalue weighted by atomic mass is 9.97. The van der Waals surface area contributed by atoms with E-state index in [0.29, 0.717) is 17.5 Å². The van der Waals surface area contributed by atoms with Gasteiger partial charge < -0.3 is 4.52 Å². The van der Waals surface area contributed by atoms with Crippen LogP contribution >= 0.6 is 23.1 Å². The maximum atomic E-state index is 5.19. The zero-order chi connectivity index (χ0) is 11.6. The van der Waals surface area contributed by atoms with Crippen molar-refractivity contribution >= 4 is 23.1 Å². The van der Waals surface area contributed by atoms with Crippen LogP contribution in [0.4, 0.5) is 0 Å². The second-order valence-corrected chi connectivity index (χ2v) is 6.31. The maximum absolute atomic E-state index is 5.19. The molecule has 7 heteroatoms. The van der Waals surface area contributed by atoms with Crippen molar-refractivity contribution in [3.63, 3.8) is 0 Å². The van der Waals surface area contributed by atoms with E-state index in [4.69, 9.17) is 4.52 Å². The number of thioether (sulfide) groups is 1. The molecule has 0 fully saturated rings. The van der Waals surface area contributed by atoms with E-state index in [2.05, 4.69) is 20.3 Å². The van der Waals surface area contributed by atoms with E-state index in [1.165, 1.54) is 11.3 Å². The smallest absolute Gasteiger partial charge is 0.232 e. The molecule has 0 amide bonds. The SMILES string of the molecule is CC(C)(C)c1nc(CSc2nncs2)no1. The van der Waals surface area contributed by atoms with Crippen LogP contribution in [0.3, 0.4) is 0 Å². The summed E-state index contributed by atoms with van der Waals surface area (Å²) in [4.78, 5) is 4.34. The first kappa shape index (κ1) is 11.5. The molecule has 0 aliphatic rings. The van der Waals surface area contributed by atoms with Crippen molar-refractivity contribution in [2.45, 2.75) is 36.3 Å². The van der Waals surface area contributed by atoms with Crippen molar-refractivity contribution in [3.8, 4) is 0 Å². The summed E-state index contributed by atoms with van der Waals surface area (Å²) in [6, 6.07) is 0. The summed E-state index contributed by atoms with van der Waals surface area (Å²) in [5.74, 6) is 2.03. The van der Waals surface area contributed by atoms with Crippen molar-refractivity contribution in [2.24, 2.45) is 0 Å². The van der Waals surface area contributed by atoms with E-state index in [1.54, 1.807) is 17.3 Å². The van der Waals surface area contributed by atoms with Gasteiger partial charge in [0.1, 0.15) is 5.51 Å². The highest BCUT2D eigenvalue weighted by atomic mass is 32.2. The molecule has 0 aromatic carbocycles. The fourth-order valence-electron chi connectivity index (χ4n) is 0.969. The van der Waals surface area contributed by atoms with Crippen LogP contribution in [0, 0.1) is 0 Å². The first-order valence-electron chi connectivity index (χ1n) is 4.78. The van der Waals surface area contributed by atoms with E-state index in [1.807, 2.05) is 20.8 Å². The quantitative estimate of drug-likeness (QED) is 0.786. The average molecular weight is 256 g/mol. The molecule has 2 aromatic rings. The largest absolute Gasteiger partial charge is 0.339 e. The Kier molecular flexibility index (Phi) is 3.25. The Morgan fingerprint density at radius 3 is 2.81 bits per heavy atom. The van der Waals surface area contributed by atoms with Crippen molar-refractivity contribution in [1.82, 2.24) is 20.3 Å². The van der Waals surface area contributed by atoms with Gasteiger partial charge in [-0.05, 0) is 0 Å². The lowest BCUT2D eigenvalue weighted by molar-refractivity contribution is 0.319. The number of aromatic nitrogens is 4. The molecule has 2 rings (SSSR count). The van der Waals surface area contributed by atoms with E-state index in [9.17, 15) is 0 Å². The topological polar surface area (TPSA) is 64.7 Å². The number of rotatable bonds is 3. The molecule has 86 valence electrons. The number of hydrogen-bond acceptors (Lipinski definition) is 7. The minimum Gasteiger partial charge on any atom is -0.339 e. The predicted octanol–water partition coefficient (Wildman–Crippen LogP) is 2.51. The van der Waals surface area contributed by atoms with Gasteiger partial charge in [0.15, 0.2) is 10.2 Å². The highest BCUT2D eigenvalue weighted by Crippen LogP contribution is 2.24. The van der Waals surface area contributed by atoms with Crippen LogP contribution in [0.1, 0.15) is 32.5 Å². The fourth-order valence-corrected chi connectivity index (χ4v) is 2.30. The fraction of sp³-hybridized carbons (Fsp3) is 0.556. The second kappa shape index (κ2) is 4.50. The van der Waals surface area contributed by atoms with Gasteiger partial charge in [-0.1, -0.05) is 49.0 Å². The Morgan fingerprint density at radius 1 is 1.44 bits per heavy atom. The molecule has 16 heavy (non-hydrogen) atoms. The Hall–Kier alpha value is -0.950. The Bertz CT molecular complexity index is 446. The third-order valence-electron chi connectivity index (χ3n) is 1.77.